The first-order valence-electron chi connectivity index (χ1n) is 4.79. The molecule has 0 aromatic heterocycles. The van der Waals surface area contributed by atoms with Crippen molar-refractivity contribution in [1.82, 2.24) is 0 Å². The molecule has 0 aliphatic heterocycles. The fourth-order valence-corrected chi connectivity index (χ4v) is 4.14. The van der Waals surface area contributed by atoms with Crippen LogP contribution in [0.15, 0.2) is 12.7 Å². The van der Waals surface area contributed by atoms with E-state index in [0.717, 1.165) is 12.8 Å². The Kier molecular flexibility index (Phi) is 6.65. The molecule has 0 saturated carbocycles. The normalized spacial score (nSPS) is 19.1. The predicted molar refractivity (Wildman–Crippen MR) is 60.2 cm³/mol. The van der Waals surface area contributed by atoms with E-state index in [9.17, 15) is 14.0 Å². The van der Waals surface area contributed by atoms with Gasteiger partial charge in [-0.2, -0.15) is 0 Å². The van der Waals surface area contributed by atoms with E-state index in [4.69, 9.17) is 4.89 Å². The molecule has 7 heteroatoms. The molecule has 0 saturated heterocycles. The Morgan fingerprint density at radius 3 is 2.33 bits per heavy atom. The maximum absolute atomic E-state index is 11.3. The molecule has 0 aromatic rings. The highest BCUT2D eigenvalue weighted by molar-refractivity contribution is 7.66. The molecule has 15 heavy (non-hydrogen) atoms. The molecule has 0 spiro atoms. The van der Waals surface area contributed by atoms with Gasteiger partial charge >= 0.3 is 15.2 Å². The van der Waals surface area contributed by atoms with Crippen LogP contribution in [0, 0.1) is 0 Å². The molecule has 0 amide bonds. The molecule has 0 heterocycles. The van der Waals surface area contributed by atoms with Gasteiger partial charge in [0, 0.05) is 0 Å². The number of unbranched alkanes of at least 4 members (excludes halogenated alkanes) is 2. The zero-order valence-electron chi connectivity index (χ0n) is 8.83. The van der Waals surface area contributed by atoms with Crippen LogP contribution >= 0.6 is 15.2 Å². The van der Waals surface area contributed by atoms with Gasteiger partial charge in [-0.25, -0.2) is 4.31 Å². The molecule has 2 atom stereocenters. The quantitative estimate of drug-likeness (QED) is 0.396. The van der Waals surface area contributed by atoms with Crippen LogP contribution in [-0.2, 0) is 13.4 Å². The van der Waals surface area contributed by atoms with Gasteiger partial charge in [-0.15, -0.1) is 6.58 Å². The van der Waals surface area contributed by atoms with Crippen LogP contribution in [0.4, 0.5) is 0 Å². The molecule has 2 unspecified atom stereocenters. The molecular formula is C8H18O5P2. The van der Waals surface area contributed by atoms with Crippen molar-refractivity contribution in [3.8, 4) is 0 Å². The highest BCUT2D eigenvalue weighted by Crippen LogP contribution is 2.59. The van der Waals surface area contributed by atoms with Crippen molar-refractivity contribution in [2.75, 3.05) is 12.3 Å². The lowest BCUT2D eigenvalue weighted by molar-refractivity contribution is 0.333. The second kappa shape index (κ2) is 6.62. The van der Waals surface area contributed by atoms with Crippen molar-refractivity contribution in [2.45, 2.75) is 26.2 Å². The minimum atomic E-state index is -3.99. The Morgan fingerprint density at radius 1 is 1.27 bits per heavy atom. The summed E-state index contributed by atoms with van der Waals surface area (Å²) in [5.41, 5.74) is 0. The Balaban J connectivity index is 4.18. The largest absolute Gasteiger partial charge is 0.338 e. The van der Waals surface area contributed by atoms with E-state index < -0.39 is 15.2 Å². The lowest BCUT2D eigenvalue weighted by atomic mass is 10.3. The molecule has 90 valence electrons. The minimum Gasteiger partial charge on any atom is -0.324 e. The van der Waals surface area contributed by atoms with E-state index in [0.29, 0.717) is 6.42 Å². The van der Waals surface area contributed by atoms with Crippen LogP contribution in [0.2, 0.25) is 0 Å². The van der Waals surface area contributed by atoms with Gasteiger partial charge in [-0.1, -0.05) is 25.8 Å². The molecule has 0 aromatic carbocycles. The van der Waals surface area contributed by atoms with Crippen molar-refractivity contribution in [3.05, 3.63) is 12.7 Å². The summed E-state index contributed by atoms with van der Waals surface area (Å²) in [5, 5.41) is 0. The first-order valence-corrected chi connectivity index (χ1v) is 8.31. The summed E-state index contributed by atoms with van der Waals surface area (Å²) in [6.07, 6.45) is 3.01. The van der Waals surface area contributed by atoms with Gasteiger partial charge in [0.15, 0.2) is 0 Å². The Morgan fingerprint density at radius 2 is 1.87 bits per heavy atom. The van der Waals surface area contributed by atoms with E-state index in [2.05, 4.69) is 10.9 Å². The SMILES string of the molecule is C=CCP(=O)(O)OP(=O)(O)CCCCC. The summed E-state index contributed by atoms with van der Waals surface area (Å²) in [6.45, 7) is 5.22. The molecule has 0 fully saturated rings. The first-order chi connectivity index (χ1) is 6.83. The van der Waals surface area contributed by atoms with Crippen LogP contribution in [-0.4, -0.2) is 22.1 Å². The summed E-state index contributed by atoms with van der Waals surface area (Å²) in [5.74, 6) is 0. The molecular weight excluding hydrogens is 238 g/mol. The third-order valence-electron chi connectivity index (χ3n) is 1.66. The summed E-state index contributed by atoms with van der Waals surface area (Å²) < 4.78 is 26.9. The van der Waals surface area contributed by atoms with Gasteiger partial charge in [0.1, 0.15) is 0 Å². The molecule has 0 bridgehead atoms. The highest BCUT2D eigenvalue weighted by atomic mass is 31.3. The number of hydrogen-bond donors (Lipinski definition) is 2. The number of hydrogen-bond acceptors (Lipinski definition) is 3. The fraction of sp³-hybridized carbons (Fsp3) is 0.750. The van der Waals surface area contributed by atoms with Crippen molar-refractivity contribution in [3.63, 3.8) is 0 Å². The summed E-state index contributed by atoms with van der Waals surface area (Å²) in [7, 11) is -7.93. The van der Waals surface area contributed by atoms with Crippen LogP contribution in [0.3, 0.4) is 0 Å². The molecule has 5 nitrogen and oxygen atoms in total. The fourth-order valence-electron chi connectivity index (χ4n) is 0.998. The molecule has 0 aliphatic carbocycles. The summed E-state index contributed by atoms with van der Waals surface area (Å²) in [4.78, 5) is 18.4. The average molecular weight is 256 g/mol. The van der Waals surface area contributed by atoms with E-state index in [1.54, 1.807) is 0 Å². The minimum absolute atomic E-state index is 0.0808. The maximum atomic E-state index is 11.3. The van der Waals surface area contributed by atoms with Crippen molar-refractivity contribution >= 4 is 15.2 Å². The highest BCUT2D eigenvalue weighted by Gasteiger charge is 2.30. The predicted octanol–water partition coefficient (Wildman–Crippen LogP) is 2.75. The Labute approximate surface area is 90.2 Å². The number of allylic oxidation sites excluding steroid dienone is 1. The Bertz CT molecular complexity index is 289. The van der Waals surface area contributed by atoms with Gasteiger partial charge < -0.3 is 9.79 Å². The summed E-state index contributed by atoms with van der Waals surface area (Å²) >= 11 is 0. The molecule has 0 rings (SSSR count). The van der Waals surface area contributed by atoms with Crippen LogP contribution in [0.1, 0.15) is 26.2 Å². The van der Waals surface area contributed by atoms with Gasteiger partial charge in [-0.3, -0.25) is 9.13 Å². The zero-order valence-corrected chi connectivity index (χ0v) is 10.6. The monoisotopic (exact) mass is 256 g/mol. The van der Waals surface area contributed by atoms with Gasteiger partial charge in [0.2, 0.25) is 0 Å². The maximum Gasteiger partial charge on any atom is 0.338 e. The van der Waals surface area contributed by atoms with E-state index in [1.165, 1.54) is 6.08 Å². The van der Waals surface area contributed by atoms with Gasteiger partial charge in [0.05, 0.1) is 12.3 Å². The number of rotatable bonds is 8. The second-order valence-electron chi connectivity index (χ2n) is 3.26. The topological polar surface area (TPSA) is 83.8 Å². The lowest BCUT2D eigenvalue weighted by Gasteiger charge is -2.15. The Hall–Kier alpha value is 0.0800. The summed E-state index contributed by atoms with van der Waals surface area (Å²) in [6, 6.07) is 0. The first kappa shape index (κ1) is 15.1. The lowest BCUT2D eigenvalue weighted by Crippen LogP contribution is -1.96. The van der Waals surface area contributed by atoms with Crippen LogP contribution in [0.25, 0.3) is 0 Å². The third-order valence-corrected chi connectivity index (χ3v) is 5.30. The van der Waals surface area contributed by atoms with Crippen LogP contribution in [0.5, 0.6) is 0 Å². The van der Waals surface area contributed by atoms with E-state index in [1.807, 2.05) is 6.92 Å². The van der Waals surface area contributed by atoms with E-state index >= 15 is 0 Å². The van der Waals surface area contributed by atoms with Gasteiger partial charge in [-0.05, 0) is 6.42 Å². The van der Waals surface area contributed by atoms with Crippen molar-refractivity contribution < 1.29 is 23.2 Å². The smallest absolute Gasteiger partial charge is 0.324 e. The standard InChI is InChI=1S/C8H18O5P2/c1-3-5-6-8-15(11,12)13-14(9,10)7-4-2/h4H,2-3,5-8H2,1H3,(H,9,10)(H,11,12). The average Bonchev–Trinajstić information content (AvgIpc) is 2.01. The molecule has 0 radical (unpaired) electrons. The van der Waals surface area contributed by atoms with Crippen LogP contribution < -0.4 is 0 Å². The molecule has 0 aliphatic rings. The van der Waals surface area contributed by atoms with E-state index in [-0.39, 0.29) is 12.3 Å². The molecule has 2 N–H and O–H groups in total. The van der Waals surface area contributed by atoms with Gasteiger partial charge in [0.25, 0.3) is 0 Å². The second-order valence-corrected chi connectivity index (χ2v) is 7.27. The van der Waals surface area contributed by atoms with Crippen molar-refractivity contribution in [1.29, 1.82) is 0 Å². The van der Waals surface area contributed by atoms with Crippen molar-refractivity contribution in [2.24, 2.45) is 0 Å². The third kappa shape index (κ3) is 7.95. The zero-order chi connectivity index (χ0) is 11.9.